The highest BCUT2D eigenvalue weighted by Gasteiger charge is 2.13. The van der Waals surface area contributed by atoms with Crippen LogP contribution in [-0.2, 0) is 11.2 Å². The second-order valence-electron chi connectivity index (χ2n) is 7.70. The van der Waals surface area contributed by atoms with Crippen molar-refractivity contribution >= 4 is 34.2 Å². The quantitative estimate of drug-likeness (QED) is 0.618. The van der Waals surface area contributed by atoms with Gasteiger partial charge in [0.2, 0.25) is 0 Å². The third-order valence-electron chi connectivity index (χ3n) is 4.54. The molecule has 130 valence electrons. The molecule has 25 heavy (non-hydrogen) atoms. The van der Waals surface area contributed by atoms with Gasteiger partial charge in [-0.1, -0.05) is 63.2 Å². The van der Waals surface area contributed by atoms with Crippen LogP contribution in [-0.4, -0.2) is 0 Å². The first-order chi connectivity index (χ1) is 11.8. The maximum absolute atomic E-state index is 6.05. The highest BCUT2D eigenvalue weighted by molar-refractivity contribution is 8.07. The maximum atomic E-state index is 6.05. The van der Waals surface area contributed by atoms with E-state index in [0.717, 1.165) is 27.4 Å². The van der Waals surface area contributed by atoms with E-state index in [0.29, 0.717) is 0 Å². The fourth-order valence-electron chi connectivity index (χ4n) is 2.90. The summed E-state index contributed by atoms with van der Waals surface area (Å²) >= 11 is 1.81. The molecule has 2 heteroatoms. The Hall–Kier alpha value is -1.93. The average molecular weight is 351 g/mol. The Morgan fingerprint density at radius 2 is 1.76 bits per heavy atom. The lowest BCUT2D eigenvalue weighted by Gasteiger charge is -2.19. The standard InChI is InChI=1S/C23H26OS/c1-15-7-12-21-20(13-15)16(2)22(24-21)17(3)25-14-18-8-10-19(11-9-18)23(4,5)6/h7-13H,2,14H2,1,3-6H3/b22-17+. The zero-order chi connectivity index (χ0) is 18.2. The van der Waals surface area contributed by atoms with Crippen molar-refractivity contribution in [2.24, 2.45) is 0 Å². The van der Waals surface area contributed by atoms with E-state index < -0.39 is 0 Å². The van der Waals surface area contributed by atoms with Crippen LogP contribution in [0.1, 0.15) is 44.4 Å². The predicted molar refractivity (Wildman–Crippen MR) is 111 cm³/mol. The van der Waals surface area contributed by atoms with Gasteiger partial charge in [0.15, 0.2) is 0 Å². The van der Waals surface area contributed by atoms with Gasteiger partial charge in [-0.2, -0.15) is 0 Å². The molecule has 0 unspecified atom stereocenters. The van der Waals surface area contributed by atoms with Gasteiger partial charge in [-0.05, 0) is 42.5 Å². The Morgan fingerprint density at radius 1 is 1.08 bits per heavy atom. The monoisotopic (exact) mass is 350 g/mol. The summed E-state index contributed by atoms with van der Waals surface area (Å²) in [5.41, 5.74) is 5.96. The zero-order valence-electron chi connectivity index (χ0n) is 15.8. The van der Waals surface area contributed by atoms with Crippen molar-refractivity contribution in [3.05, 3.63) is 69.8 Å². The van der Waals surface area contributed by atoms with E-state index in [9.17, 15) is 0 Å². The molecule has 1 nitrogen and oxygen atoms in total. The Kier molecular flexibility index (Phi) is 4.83. The molecule has 3 rings (SSSR count). The highest BCUT2D eigenvalue weighted by atomic mass is 32.2. The Balaban J connectivity index is 1.85. The van der Waals surface area contributed by atoms with Crippen LogP contribution in [0, 0.1) is 6.92 Å². The summed E-state index contributed by atoms with van der Waals surface area (Å²) in [7, 11) is 0. The van der Waals surface area contributed by atoms with Crippen molar-refractivity contribution in [3.8, 4) is 0 Å². The molecule has 3 aromatic rings. The van der Waals surface area contributed by atoms with Crippen molar-refractivity contribution in [3.63, 3.8) is 0 Å². The summed E-state index contributed by atoms with van der Waals surface area (Å²) in [6.07, 6.45) is 0. The molecule has 0 aliphatic rings. The number of benzene rings is 2. The van der Waals surface area contributed by atoms with E-state index >= 15 is 0 Å². The molecule has 0 saturated carbocycles. The number of furan rings is 1. The van der Waals surface area contributed by atoms with Gasteiger partial charge in [0.25, 0.3) is 0 Å². The van der Waals surface area contributed by atoms with Gasteiger partial charge in [-0.3, -0.25) is 0 Å². The van der Waals surface area contributed by atoms with Crippen molar-refractivity contribution < 1.29 is 4.42 Å². The minimum atomic E-state index is 0.197. The SMILES string of the molecule is C=c1/c(=C(/C)SCc2ccc(C(C)(C)C)cc2)oc2ccc(C)cc12. The fourth-order valence-corrected chi connectivity index (χ4v) is 3.78. The third kappa shape index (κ3) is 3.85. The van der Waals surface area contributed by atoms with Crippen molar-refractivity contribution in [1.82, 2.24) is 0 Å². The number of fused-ring (bicyclic) bond motifs is 1. The molecule has 0 amide bonds. The fraction of sp³-hybridized carbons (Fsp3) is 0.304. The Morgan fingerprint density at radius 3 is 2.40 bits per heavy atom. The average Bonchev–Trinajstić information content (AvgIpc) is 2.89. The van der Waals surface area contributed by atoms with Crippen molar-refractivity contribution in [2.45, 2.75) is 45.8 Å². The molecule has 0 aliphatic heterocycles. The third-order valence-corrected chi connectivity index (χ3v) is 5.64. The molecule has 0 N–H and O–H groups in total. The molecule has 0 aliphatic carbocycles. The Bertz CT molecular complexity index is 1000. The van der Waals surface area contributed by atoms with E-state index in [-0.39, 0.29) is 5.41 Å². The van der Waals surface area contributed by atoms with Crippen LogP contribution >= 0.6 is 11.8 Å². The van der Waals surface area contributed by atoms with Gasteiger partial charge in [0.05, 0.1) is 0 Å². The molecule has 1 heterocycles. The summed E-state index contributed by atoms with van der Waals surface area (Å²) in [4.78, 5) is 1.18. The maximum Gasteiger partial charge on any atom is 0.144 e. The second-order valence-corrected chi connectivity index (χ2v) is 8.89. The van der Waals surface area contributed by atoms with Gasteiger partial charge in [-0.15, -0.1) is 11.8 Å². The summed E-state index contributed by atoms with van der Waals surface area (Å²) in [5, 5.41) is 2.11. The van der Waals surface area contributed by atoms with Gasteiger partial charge in [0.1, 0.15) is 11.0 Å². The minimum absolute atomic E-state index is 0.197. The largest absolute Gasteiger partial charge is 0.455 e. The number of hydrogen-bond acceptors (Lipinski definition) is 2. The van der Waals surface area contributed by atoms with Crippen LogP contribution in [0.2, 0.25) is 0 Å². The number of hydrogen-bond donors (Lipinski definition) is 0. The first-order valence-electron chi connectivity index (χ1n) is 8.67. The van der Waals surface area contributed by atoms with Gasteiger partial charge >= 0.3 is 0 Å². The van der Waals surface area contributed by atoms with E-state index in [4.69, 9.17) is 4.42 Å². The second kappa shape index (κ2) is 6.76. The van der Waals surface area contributed by atoms with Crippen LogP contribution in [0.4, 0.5) is 0 Å². The summed E-state index contributed by atoms with van der Waals surface area (Å²) in [6.45, 7) is 15.2. The van der Waals surface area contributed by atoms with Crippen LogP contribution in [0.5, 0.6) is 0 Å². The number of rotatable bonds is 3. The Labute approximate surface area is 154 Å². The molecule has 2 aromatic carbocycles. The lowest BCUT2D eigenvalue weighted by atomic mass is 9.87. The molecule has 1 aromatic heterocycles. The smallest absolute Gasteiger partial charge is 0.144 e. The van der Waals surface area contributed by atoms with E-state index in [1.807, 2.05) is 17.8 Å². The van der Waals surface area contributed by atoms with Crippen LogP contribution in [0.3, 0.4) is 0 Å². The number of aryl methyl sites for hydroxylation is 1. The van der Waals surface area contributed by atoms with Crippen LogP contribution in [0.15, 0.2) is 46.9 Å². The molecular formula is C23H26OS. The van der Waals surface area contributed by atoms with Gasteiger partial charge in [-0.25, -0.2) is 0 Å². The van der Waals surface area contributed by atoms with E-state index in [1.165, 1.54) is 21.6 Å². The molecular weight excluding hydrogens is 324 g/mol. The molecule has 0 radical (unpaired) electrons. The normalized spacial score (nSPS) is 13.3. The lowest BCUT2D eigenvalue weighted by molar-refractivity contribution is 0.574. The lowest BCUT2D eigenvalue weighted by Crippen LogP contribution is -2.19. The van der Waals surface area contributed by atoms with Crippen LogP contribution in [0.25, 0.3) is 22.5 Å². The van der Waals surface area contributed by atoms with E-state index in [1.54, 1.807) is 0 Å². The molecule has 0 saturated heterocycles. The van der Waals surface area contributed by atoms with Crippen molar-refractivity contribution in [2.75, 3.05) is 0 Å². The minimum Gasteiger partial charge on any atom is -0.455 e. The molecule has 0 spiro atoms. The first kappa shape index (κ1) is 17.9. The summed E-state index contributed by atoms with van der Waals surface area (Å²) in [5.74, 6) is 0.936. The van der Waals surface area contributed by atoms with E-state index in [2.05, 4.69) is 77.6 Å². The van der Waals surface area contributed by atoms with Gasteiger partial charge in [0, 0.05) is 21.3 Å². The molecule has 0 fully saturated rings. The highest BCUT2D eigenvalue weighted by Crippen LogP contribution is 2.25. The predicted octanol–water partition coefficient (Wildman–Crippen LogP) is 5.51. The topological polar surface area (TPSA) is 13.1 Å². The van der Waals surface area contributed by atoms with Crippen LogP contribution < -0.4 is 10.6 Å². The molecule has 0 bridgehead atoms. The zero-order valence-corrected chi connectivity index (χ0v) is 16.6. The molecule has 0 atom stereocenters. The summed E-state index contributed by atoms with van der Waals surface area (Å²) < 4.78 is 6.05. The first-order valence-corrected chi connectivity index (χ1v) is 9.65. The summed E-state index contributed by atoms with van der Waals surface area (Å²) in [6, 6.07) is 15.2. The van der Waals surface area contributed by atoms with Gasteiger partial charge < -0.3 is 4.42 Å². The van der Waals surface area contributed by atoms with Crippen molar-refractivity contribution in [1.29, 1.82) is 0 Å². The number of thioether (sulfide) groups is 1.